The summed E-state index contributed by atoms with van der Waals surface area (Å²) in [6, 6.07) is 6.83. The molecule has 1 N–H and O–H groups in total. The number of piperazine rings is 1. The number of pyridine rings is 1. The van der Waals surface area contributed by atoms with Crippen LogP contribution >= 0.6 is 0 Å². The molecule has 0 saturated carbocycles. The Balaban J connectivity index is 2.08. The van der Waals surface area contributed by atoms with Gasteiger partial charge in [0.15, 0.2) is 0 Å². The Bertz CT molecular complexity index is 229. The van der Waals surface area contributed by atoms with Gasteiger partial charge >= 0.3 is 0 Å². The van der Waals surface area contributed by atoms with Crippen LogP contribution in [-0.4, -0.2) is 31.2 Å². The van der Waals surface area contributed by atoms with Crippen molar-refractivity contribution in [1.82, 2.24) is 10.3 Å². The number of aromatic nitrogens is 1. The minimum atomic E-state index is 1.05. The van der Waals surface area contributed by atoms with Crippen molar-refractivity contribution in [2.24, 2.45) is 0 Å². The van der Waals surface area contributed by atoms with Crippen LogP contribution in [0.1, 0.15) is 0 Å². The van der Waals surface area contributed by atoms with E-state index in [1.165, 1.54) is 0 Å². The third-order valence-electron chi connectivity index (χ3n) is 2.04. The van der Waals surface area contributed by atoms with Crippen molar-refractivity contribution < 1.29 is 0 Å². The maximum Gasteiger partial charge on any atom is 0.128 e. The molecule has 0 amide bonds. The summed E-state index contributed by atoms with van der Waals surface area (Å²) in [5.41, 5.74) is 0. The van der Waals surface area contributed by atoms with Gasteiger partial charge in [-0.2, -0.15) is 0 Å². The SMILES string of the molecule is [c]1ccc(N2CCNCC2)nc1. The van der Waals surface area contributed by atoms with Gasteiger partial charge in [-0.15, -0.1) is 0 Å². The molecule has 1 radical (unpaired) electrons. The molecule has 0 atom stereocenters. The van der Waals surface area contributed by atoms with Crippen molar-refractivity contribution in [1.29, 1.82) is 0 Å². The minimum absolute atomic E-state index is 1.05. The first-order chi connectivity index (χ1) is 5.97. The van der Waals surface area contributed by atoms with Crippen molar-refractivity contribution in [3.05, 3.63) is 24.4 Å². The molecule has 2 heterocycles. The molecule has 2 rings (SSSR count). The molecule has 3 nitrogen and oxygen atoms in total. The van der Waals surface area contributed by atoms with Crippen molar-refractivity contribution in [3.63, 3.8) is 0 Å². The van der Waals surface area contributed by atoms with Gasteiger partial charge in [0, 0.05) is 38.4 Å². The van der Waals surface area contributed by atoms with Gasteiger partial charge in [0.1, 0.15) is 5.82 Å². The van der Waals surface area contributed by atoms with Crippen LogP contribution in [0.15, 0.2) is 18.3 Å². The smallest absolute Gasteiger partial charge is 0.128 e. The summed E-state index contributed by atoms with van der Waals surface area (Å²) in [5, 5.41) is 3.31. The summed E-state index contributed by atoms with van der Waals surface area (Å²) in [6.07, 6.45) is 1.72. The molecule has 0 aliphatic carbocycles. The number of hydrogen-bond acceptors (Lipinski definition) is 3. The number of hydrogen-bond donors (Lipinski definition) is 1. The third-order valence-corrected chi connectivity index (χ3v) is 2.04. The highest BCUT2D eigenvalue weighted by Gasteiger charge is 2.09. The number of nitrogens with zero attached hydrogens (tertiary/aromatic N) is 2. The normalized spacial score (nSPS) is 17.8. The lowest BCUT2D eigenvalue weighted by Crippen LogP contribution is -2.43. The van der Waals surface area contributed by atoms with E-state index in [1.807, 2.05) is 12.1 Å². The monoisotopic (exact) mass is 162 g/mol. The minimum Gasteiger partial charge on any atom is -0.354 e. The zero-order chi connectivity index (χ0) is 8.23. The van der Waals surface area contributed by atoms with Gasteiger partial charge in [-0.3, -0.25) is 0 Å². The van der Waals surface area contributed by atoms with Crippen LogP contribution in [0.2, 0.25) is 0 Å². The quantitative estimate of drug-likeness (QED) is 0.643. The summed E-state index contributed by atoms with van der Waals surface area (Å²) < 4.78 is 0. The molecule has 1 aromatic heterocycles. The largest absolute Gasteiger partial charge is 0.354 e. The van der Waals surface area contributed by atoms with Crippen molar-refractivity contribution in [3.8, 4) is 0 Å². The Kier molecular flexibility index (Phi) is 2.23. The van der Waals surface area contributed by atoms with E-state index < -0.39 is 0 Å². The zero-order valence-electron chi connectivity index (χ0n) is 6.95. The van der Waals surface area contributed by atoms with Gasteiger partial charge in [-0.05, 0) is 12.1 Å². The number of nitrogens with one attached hydrogen (secondary N) is 1. The van der Waals surface area contributed by atoms with Crippen LogP contribution < -0.4 is 10.2 Å². The second kappa shape index (κ2) is 3.54. The number of rotatable bonds is 1. The Hall–Kier alpha value is -1.09. The molecule has 0 spiro atoms. The molecule has 0 bridgehead atoms. The van der Waals surface area contributed by atoms with E-state index in [2.05, 4.69) is 21.3 Å². The highest BCUT2D eigenvalue weighted by molar-refractivity contribution is 5.37. The summed E-state index contributed by atoms with van der Waals surface area (Å²) in [6.45, 7) is 4.22. The summed E-state index contributed by atoms with van der Waals surface area (Å²) in [5.74, 6) is 1.07. The molecule has 0 aromatic carbocycles. The Morgan fingerprint density at radius 1 is 1.42 bits per heavy atom. The highest BCUT2D eigenvalue weighted by Crippen LogP contribution is 2.08. The standard InChI is InChI=1S/C9H12N3/c1-2-4-11-9(3-1)12-7-5-10-6-8-12/h1,3-4,10H,5-8H2. The van der Waals surface area contributed by atoms with Gasteiger partial charge in [0.05, 0.1) is 0 Å². The van der Waals surface area contributed by atoms with Gasteiger partial charge in [-0.1, -0.05) is 0 Å². The average molecular weight is 162 g/mol. The van der Waals surface area contributed by atoms with Gasteiger partial charge in [0.25, 0.3) is 0 Å². The molecular formula is C9H12N3. The Morgan fingerprint density at radius 2 is 2.25 bits per heavy atom. The Labute approximate surface area is 72.4 Å². The lowest BCUT2D eigenvalue weighted by molar-refractivity contribution is 0.585. The summed E-state index contributed by atoms with van der Waals surface area (Å²) in [4.78, 5) is 6.53. The number of anilines is 1. The first kappa shape index (κ1) is 7.55. The fourth-order valence-corrected chi connectivity index (χ4v) is 1.39. The van der Waals surface area contributed by atoms with E-state index >= 15 is 0 Å². The molecule has 1 saturated heterocycles. The van der Waals surface area contributed by atoms with Crippen molar-refractivity contribution in [2.45, 2.75) is 0 Å². The lowest BCUT2D eigenvalue weighted by Gasteiger charge is -2.28. The molecule has 1 aliphatic heterocycles. The van der Waals surface area contributed by atoms with Crippen LogP contribution in [0.25, 0.3) is 0 Å². The maximum atomic E-state index is 4.24. The van der Waals surface area contributed by atoms with Gasteiger partial charge < -0.3 is 10.2 Å². The van der Waals surface area contributed by atoms with E-state index in [-0.39, 0.29) is 0 Å². The van der Waals surface area contributed by atoms with Crippen LogP contribution in [-0.2, 0) is 0 Å². The van der Waals surface area contributed by atoms with E-state index in [0.717, 1.165) is 32.0 Å². The molecule has 1 aromatic rings. The summed E-state index contributed by atoms with van der Waals surface area (Å²) in [7, 11) is 0. The average Bonchev–Trinajstić information content (AvgIpc) is 2.21. The summed E-state index contributed by atoms with van der Waals surface area (Å²) >= 11 is 0. The molecule has 0 unspecified atom stereocenters. The predicted octanol–water partition coefficient (Wildman–Crippen LogP) is 0.291. The van der Waals surface area contributed by atoms with Crippen molar-refractivity contribution in [2.75, 3.05) is 31.1 Å². The van der Waals surface area contributed by atoms with Crippen LogP contribution in [0, 0.1) is 6.07 Å². The molecule has 1 fully saturated rings. The topological polar surface area (TPSA) is 28.2 Å². The first-order valence-corrected chi connectivity index (χ1v) is 4.24. The molecule has 1 aliphatic rings. The predicted molar refractivity (Wildman–Crippen MR) is 48.2 cm³/mol. The lowest BCUT2D eigenvalue weighted by atomic mass is 10.3. The van der Waals surface area contributed by atoms with Crippen LogP contribution in [0.4, 0.5) is 5.82 Å². The van der Waals surface area contributed by atoms with Crippen LogP contribution in [0.3, 0.4) is 0 Å². The Morgan fingerprint density at radius 3 is 2.92 bits per heavy atom. The van der Waals surface area contributed by atoms with E-state index in [4.69, 9.17) is 0 Å². The van der Waals surface area contributed by atoms with E-state index in [0.29, 0.717) is 0 Å². The zero-order valence-corrected chi connectivity index (χ0v) is 6.95. The van der Waals surface area contributed by atoms with Crippen molar-refractivity contribution >= 4 is 5.82 Å². The first-order valence-electron chi connectivity index (χ1n) is 4.24. The fraction of sp³-hybridized carbons (Fsp3) is 0.444. The second-order valence-corrected chi connectivity index (χ2v) is 2.85. The molecular weight excluding hydrogens is 150 g/mol. The van der Waals surface area contributed by atoms with Crippen LogP contribution in [0.5, 0.6) is 0 Å². The van der Waals surface area contributed by atoms with E-state index in [1.54, 1.807) is 6.20 Å². The maximum absolute atomic E-state index is 4.24. The molecule has 3 heteroatoms. The molecule has 63 valence electrons. The highest BCUT2D eigenvalue weighted by atomic mass is 15.2. The third kappa shape index (κ3) is 1.56. The molecule has 12 heavy (non-hydrogen) atoms. The fourth-order valence-electron chi connectivity index (χ4n) is 1.39. The van der Waals surface area contributed by atoms with Gasteiger partial charge in [0.2, 0.25) is 0 Å². The second-order valence-electron chi connectivity index (χ2n) is 2.85. The van der Waals surface area contributed by atoms with Gasteiger partial charge in [-0.25, -0.2) is 4.98 Å². The van der Waals surface area contributed by atoms with E-state index in [9.17, 15) is 0 Å².